The van der Waals surface area contributed by atoms with E-state index in [1.165, 1.54) is 6.20 Å². The minimum atomic E-state index is -0.179. The second-order valence-electron chi connectivity index (χ2n) is 3.58. The molecule has 0 atom stereocenters. The van der Waals surface area contributed by atoms with Crippen LogP contribution in [-0.4, -0.2) is 40.6 Å². The van der Waals surface area contributed by atoms with Crippen molar-refractivity contribution >= 4 is 11.6 Å². The van der Waals surface area contributed by atoms with E-state index < -0.39 is 0 Å². The third-order valence-electron chi connectivity index (χ3n) is 2.36. The van der Waals surface area contributed by atoms with Crippen LogP contribution in [-0.2, 0) is 0 Å². The molecule has 0 fully saturated rings. The lowest BCUT2D eigenvalue weighted by molar-refractivity contribution is 0.0722. The van der Waals surface area contributed by atoms with Crippen molar-refractivity contribution in [2.24, 2.45) is 5.84 Å². The van der Waals surface area contributed by atoms with Crippen LogP contribution in [0.3, 0.4) is 0 Å². The van der Waals surface area contributed by atoms with Crippen LogP contribution in [0.2, 0.25) is 0 Å². The van der Waals surface area contributed by atoms with E-state index in [0.717, 1.165) is 6.42 Å². The highest BCUT2D eigenvalue weighted by molar-refractivity contribution is 5.99. The molecule has 0 aliphatic heterocycles. The number of nitrogens with one attached hydrogen (secondary N) is 1. The zero-order valence-corrected chi connectivity index (χ0v) is 9.89. The van der Waals surface area contributed by atoms with Crippen LogP contribution in [0.25, 0.3) is 0 Å². The van der Waals surface area contributed by atoms with Crippen molar-refractivity contribution in [3.8, 4) is 0 Å². The van der Waals surface area contributed by atoms with E-state index in [1.54, 1.807) is 17.2 Å². The van der Waals surface area contributed by atoms with Crippen LogP contribution < -0.4 is 11.3 Å². The first-order valence-corrected chi connectivity index (χ1v) is 5.55. The van der Waals surface area contributed by atoms with Crippen molar-refractivity contribution < 1.29 is 9.90 Å². The number of nitrogens with zero attached hydrogens (tertiary/aromatic N) is 2. The summed E-state index contributed by atoms with van der Waals surface area (Å²) >= 11 is 0. The lowest BCUT2D eigenvalue weighted by Crippen LogP contribution is -2.35. The first-order valence-electron chi connectivity index (χ1n) is 5.55. The summed E-state index contributed by atoms with van der Waals surface area (Å²) in [5.74, 6) is 5.16. The van der Waals surface area contributed by atoms with Gasteiger partial charge in [0.1, 0.15) is 0 Å². The highest BCUT2D eigenvalue weighted by Gasteiger charge is 2.17. The second-order valence-corrected chi connectivity index (χ2v) is 3.58. The van der Waals surface area contributed by atoms with E-state index in [0.29, 0.717) is 24.3 Å². The molecule has 0 spiro atoms. The van der Waals surface area contributed by atoms with Gasteiger partial charge in [0.05, 0.1) is 17.9 Å². The minimum Gasteiger partial charge on any atom is -0.395 e. The first-order chi connectivity index (χ1) is 8.24. The largest absolute Gasteiger partial charge is 0.395 e. The van der Waals surface area contributed by atoms with Crippen LogP contribution in [0.1, 0.15) is 23.7 Å². The van der Waals surface area contributed by atoms with Crippen LogP contribution in [0.15, 0.2) is 18.5 Å². The number of hydrazine groups is 1. The zero-order chi connectivity index (χ0) is 12.7. The summed E-state index contributed by atoms with van der Waals surface area (Å²) in [5, 5.41) is 8.94. The molecule has 17 heavy (non-hydrogen) atoms. The molecule has 0 aromatic carbocycles. The third kappa shape index (κ3) is 3.40. The number of rotatable bonds is 6. The van der Waals surface area contributed by atoms with E-state index in [4.69, 9.17) is 10.9 Å². The molecule has 0 unspecified atom stereocenters. The number of aliphatic hydroxyl groups excluding tert-OH is 1. The average Bonchev–Trinajstić information content (AvgIpc) is 2.37. The molecule has 1 aromatic rings. The molecule has 0 aliphatic carbocycles. The van der Waals surface area contributed by atoms with Gasteiger partial charge in [0.25, 0.3) is 5.91 Å². The Morgan fingerprint density at radius 1 is 1.59 bits per heavy atom. The van der Waals surface area contributed by atoms with Gasteiger partial charge in [-0.15, -0.1) is 0 Å². The van der Waals surface area contributed by atoms with Gasteiger partial charge in [-0.3, -0.25) is 15.6 Å². The Labute approximate surface area is 100 Å². The van der Waals surface area contributed by atoms with Crippen molar-refractivity contribution in [1.82, 2.24) is 9.88 Å². The Morgan fingerprint density at radius 3 is 2.94 bits per heavy atom. The van der Waals surface area contributed by atoms with E-state index in [9.17, 15) is 4.79 Å². The lowest BCUT2D eigenvalue weighted by Gasteiger charge is -2.21. The summed E-state index contributed by atoms with van der Waals surface area (Å²) in [6.07, 6.45) is 3.86. The fraction of sp³-hybridized carbons (Fsp3) is 0.455. The minimum absolute atomic E-state index is 0.0581. The Bertz CT molecular complexity index is 364. The Morgan fingerprint density at radius 2 is 2.35 bits per heavy atom. The van der Waals surface area contributed by atoms with Crippen molar-refractivity contribution in [3.05, 3.63) is 24.0 Å². The standard InChI is InChI=1S/C11H18N4O2/c1-2-5-15(6-7-16)11(17)9-8-13-4-3-10(9)14-12/h3-4,8,16H,2,5-7,12H2,1H3,(H,13,14). The average molecular weight is 238 g/mol. The van der Waals surface area contributed by atoms with Gasteiger partial charge in [-0.05, 0) is 12.5 Å². The maximum absolute atomic E-state index is 12.2. The van der Waals surface area contributed by atoms with Crippen LogP contribution in [0.5, 0.6) is 0 Å². The highest BCUT2D eigenvalue weighted by Crippen LogP contribution is 2.14. The number of hydrogen-bond acceptors (Lipinski definition) is 5. The molecule has 6 heteroatoms. The maximum Gasteiger partial charge on any atom is 0.257 e. The number of anilines is 1. The number of amides is 1. The summed E-state index contributed by atoms with van der Waals surface area (Å²) in [6, 6.07) is 1.64. The molecule has 6 nitrogen and oxygen atoms in total. The van der Waals surface area contributed by atoms with Gasteiger partial charge in [0.2, 0.25) is 0 Å². The maximum atomic E-state index is 12.2. The summed E-state index contributed by atoms with van der Waals surface area (Å²) in [6.45, 7) is 2.82. The molecule has 1 amide bonds. The van der Waals surface area contributed by atoms with Crippen LogP contribution in [0.4, 0.5) is 5.69 Å². The Balaban J connectivity index is 2.92. The Hall–Kier alpha value is -1.66. The summed E-state index contributed by atoms with van der Waals surface area (Å²) in [7, 11) is 0. The molecule has 94 valence electrons. The molecule has 1 heterocycles. The summed E-state index contributed by atoms with van der Waals surface area (Å²) < 4.78 is 0. The normalized spacial score (nSPS) is 10.1. The topological polar surface area (TPSA) is 91.5 Å². The molecule has 0 radical (unpaired) electrons. The van der Waals surface area contributed by atoms with Crippen molar-refractivity contribution in [3.63, 3.8) is 0 Å². The predicted octanol–water partition coefficient (Wildman–Crippen LogP) is 0.212. The molecular weight excluding hydrogens is 220 g/mol. The van der Waals surface area contributed by atoms with E-state index in [-0.39, 0.29) is 12.5 Å². The van der Waals surface area contributed by atoms with E-state index >= 15 is 0 Å². The van der Waals surface area contributed by atoms with Gasteiger partial charge in [-0.1, -0.05) is 6.92 Å². The smallest absolute Gasteiger partial charge is 0.257 e. The fourth-order valence-electron chi connectivity index (χ4n) is 1.57. The number of aliphatic hydroxyl groups is 1. The van der Waals surface area contributed by atoms with Crippen molar-refractivity contribution in [1.29, 1.82) is 0 Å². The first kappa shape index (κ1) is 13.4. The van der Waals surface area contributed by atoms with Gasteiger partial charge < -0.3 is 15.4 Å². The number of hydrogen-bond donors (Lipinski definition) is 3. The fourth-order valence-corrected chi connectivity index (χ4v) is 1.57. The number of nitrogens with two attached hydrogens (primary N) is 1. The summed E-state index contributed by atoms with van der Waals surface area (Å²) in [4.78, 5) is 17.7. The van der Waals surface area contributed by atoms with Gasteiger partial charge in [0.15, 0.2) is 0 Å². The van der Waals surface area contributed by atoms with E-state index in [1.807, 2.05) is 6.92 Å². The zero-order valence-electron chi connectivity index (χ0n) is 9.89. The molecule has 0 aliphatic rings. The number of pyridine rings is 1. The number of aromatic nitrogens is 1. The van der Waals surface area contributed by atoms with Gasteiger partial charge in [-0.2, -0.15) is 0 Å². The summed E-state index contributed by atoms with van der Waals surface area (Å²) in [5.41, 5.74) is 3.41. The van der Waals surface area contributed by atoms with Crippen molar-refractivity contribution in [2.75, 3.05) is 25.1 Å². The molecule has 0 saturated heterocycles. The lowest BCUT2D eigenvalue weighted by atomic mass is 10.2. The van der Waals surface area contributed by atoms with Gasteiger partial charge in [-0.25, -0.2) is 0 Å². The second kappa shape index (κ2) is 6.82. The Kier molecular flexibility index (Phi) is 5.38. The monoisotopic (exact) mass is 238 g/mol. The van der Waals surface area contributed by atoms with Crippen LogP contribution in [0, 0.1) is 0 Å². The highest BCUT2D eigenvalue weighted by atomic mass is 16.3. The number of nitrogen functional groups attached to an aromatic ring is 1. The van der Waals surface area contributed by atoms with Crippen LogP contribution >= 0.6 is 0 Å². The molecule has 1 aromatic heterocycles. The van der Waals surface area contributed by atoms with E-state index in [2.05, 4.69) is 10.4 Å². The molecular formula is C11H18N4O2. The van der Waals surface area contributed by atoms with Gasteiger partial charge in [0, 0.05) is 25.5 Å². The van der Waals surface area contributed by atoms with Crippen molar-refractivity contribution in [2.45, 2.75) is 13.3 Å². The predicted molar refractivity (Wildman–Crippen MR) is 65.3 cm³/mol. The quantitative estimate of drug-likeness (QED) is 0.487. The molecule has 4 N–H and O–H groups in total. The molecule has 0 bridgehead atoms. The van der Waals surface area contributed by atoms with Gasteiger partial charge >= 0.3 is 0 Å². The SMILES string of the molecule is CCCN(CCO)C(=O)c1cnccc1NN. The third-order valence-corrected chi connectivity index (χ3v) is 2.36. The molecule has 0 saturated carbocycles. The molecule has 1 rings (SSSR count). The number of carbonyl (C=O) groups excluding carboxylic acids is 1. The number of carbonyl (C=O) groups is 1.